The van der Waals surface area contributed by atoms with E-state index in [2.05, 4.69) is 0 Å². The van der Waals surface area contributed by atoms with Gasteiger partial charge < -0.3 is 6.53 Å². The molecule has 0 saturated carbocycles. The van der Waals surface area contributed by atoms with Gasteiger partial charge in [0.25, 0.3) is 0 Å². The fourth-order valence-electron chi connectivity index (χ4n) is 1.61. The van der Waals surface area contributed by atoms with E-state index in [4.69, 9.17) is 5.11 Å². The Hall–Kier alpha value is -1.42. The topological polar surface area (TPSA) is 54.4 Å². The van der Waals surface area contributed by atoms with Gasteiger partial charge in [0.2, 0.25) is 0 Å². The van der Waals surface area contributed by atoms with Gasteiger partial charge in [-0.2, -0.15) is 0 Å². The molecule has 2 rings (SSSR count). The van der Waals surface area contributed by atoms with Gasteiger partial charge in [0.15, 0.2) is 5.78 Å². The monoisotopic (exact) mass is 250 g/mol. The van der Waals surface area contributed by atoms with Crippen molar-refractivity contribution in [2.45, 2.75) is 0 Å². The molecule has 0 unspecified atom stereocenters. The Kier molecular flexibility index (Phi) is 5.28. The minimum Gasteiger partial charge on any atom is -1.00 e. The summed E-state index contributed by atoms with van der Waals surface area (Å²) >= 11 is 0. The predicted molar refractivity (Wildman–Crippen MR) is 64.4 cm³/mol. The number of carbonyl (C=O) groups is 2. The Labute approximate surface area is 128 Å². The van der Waals surface area contributed by atoms with E-state index in [9.17, 15) is 9.59 Å². The first-order valence-corrected chi connectivity index (χ1v) is 5.12. The summed E-state index contributed by atoms with van der Waals surface area (Å²) < 4.78 is 0. The molecule has 0 bridgehead atoms. The number of carboxylic acid groups (broad SMARTS) is 1. The van der Waals surface area contributed by atoms with Gasteiger partial charge in [-0.05, 0) is 6.07 Å². The van der Waals surface area contributed by atoms with Crippen molar-refractivity contribution in [3.63, 3.8) is 0 Å². The molecule has 2 aromatic rings. The molecule has 0 spiro atoms. The van der Waals surface area contributed by atoms with Crippen LogP contribution >= 0.6 is 0 Å². The third-order valence-corrected chi connectivity index (χ3v) is 2.44. The number of benzene rings is 2. The van der Waals surface area contributed by atoms with Gasteiger partial charge in [-0.3, -0.25) is 4.79 Å². The molecule has 0 aromatic heterocycles. The number of carboxylic acids is 1. The Balaban J connectivity index is 0.00000162. The molecule has 0 amide bonds. The van der Waals surface area contributed by atoms with Gasteiger partial charge in [-0.15, -0.1) is 0 Å². The second-order valence-corrected chi connectivity index (χ2v) is 3.55. The van der Waals surface area contributed by atoms with Crippen LogP contribution in [-0.2, 0) is 0 Å². The van der Waals surface area contributed by atoms with Gasteiger partial charge in [0, 0.05) is 11.1 Å². The van der Waals surface area contributed by atoms with Crippen molar-refractivity contribution in [3.05, 3.63) is 71.3 Å². The number of hydrogen-bond acceptors (Lipinski definition) is 2. The smallest absolute Gasteiger partial charge is 1.00 e. The van der Waals surface area contributed by atoms with E-state index in [1.165, 1.54) is 12.1 Å². The predicted octanol–water partition coefficient (Wildman–Crippen LogP) is -0.268. The second kappa shape index (κ2) is 6.50. The van der Waals surface area contributed by atoms with Crippen LogP contribution in [0.25, 0.3) is 0 Å². The first-order valence-electron chi connectivity index (χ1n) is 5.12. The molecule has 0 aliphatic carbocycles. The maximum Gasteiger partial charge on any atom is 1.00 e. The van der Waals surface area contributed by atoms with Crippen LogP contribution in [-0.4, -0.2) is 16.9 Å². The van der Waals surface area contributed by atoms with E-state index in [0.29, 0.717) is 5.56 Å². The molecular weight excluding hydrogens is 239 g/mol. The summed E-state index contributed by atoms with van der Waals surface area (Å²) in [6, 6.07) is 14.8. The van der Waals surface area contributed by atoms with Gasteiger partial charge in [0.05, 0.1) is 5.56 Å². The van der Waals surface area contributed by atoms with E-state index in [1.54, 1.807) is 42.5 Å². The van der Waals surface area contributed by atoms with Crippen LogP contribution < -0.4 is 29.6 Å². The molecule has 2 aromatic carbocycles. The third kappa shape index (κ3) is 3.07. The second-order valence-electron chi connectivity index (χ2n) is 3.55. The Bertz CT molecular complexity index is 570. The number of hydrogen-bond donors (Lipinski definition) is 1. The minimum absolute atomic E-state index is 0. The molecular formula is C14H11NaO3. The number of ketones is 1. The fraction of sp³-hybridized carbons (Fsp3) is 0. The summed E-state index contributed by atoms with van der Waals surface area (Å²) in [5.74, 6) is -1.37. The van der Waals surface area contributed by atoms with Crippen LogP contribution in [0.5, 0.6) is 0 Å². The molecule has 0 fully saturated rings. The van der Waals surface area contributed by atoms with E-state index in [-0.39, 0.29) is 47.9 Å². The van der Waals surface area contributed by atoms with E-state index < -0.39 is 5.97 Å². The molecule has 4 heteroatoms. The van der Waals surface area contributed by atoms with Crippen molar-refractivity contribution in [1.29, 1.82) is 0 Å². The number of aromatic carboxylic acids is 1. The van der Waals surface area contributed by atoms with Crippen molar-refractivity contribution < 1.29 is 45.7 Å². The third-order valence-electron chi connectivity index (χ3n) is 2.44. The maximum absolute atomic E-state index is 12.1. The molecule has 18 heavy (non-hydrogen) atoms. The van der Waals surface area contributed by atoms with Crippen molar-refractivity contribution in [3.8, 4) is 0 Å². The van der Waals surface area contributed by atoms with Crippen LogP contribution in [0.2, 0.25) is 0 Å². The van der Waals surface area contributed by atoms with Crippen LogP contribution in [0.3, 0.4) is 0 Å². The minimum atomic E-state index is -1.09. The summed E-state index contributed by atoms with van der Waals surface area (Å²) in [6.07, 6.45) is 0. The van der Waals surface area contributed by atoms with Gasteiger partial charge in [-0.1, -0.05) is 48.5 Å². The molecule has 0 atom stereocenters. The fourth-order valence-corrected chi connectivity index (χ4v) is 1.61. The molecule has 1 N–H and O–H groups in total. The summed E-state index contributed by atoms with van der Waals surface area (Å²) in [6.45, 7) is 0. The average Bonchev–Trinajstić information content (AvgIpc) is 2.39. The van der Waals surface area contributed by atoms with Crippen LogP contribution in [0, 0.1) is 0 Å². The zero-order valence-corrected chi connectivity index (χ0v) is 12.0. The summed E-state index contributed by atoms with van der Waals surface area (Å²) in [5.41, 5.74) is 0.730. The Morgan fingerprint density at radius 3 is 1.89 bits per heavy atom. The molecule has 0 radical (unpaired) electrons. The zero-order chi connectivity index (χ0) is 12.3. The van der Waals surface area contributed by atoms with Crippen LogP contribution in [0.15, 0.2) is 54.6 Å². The van der Waals surface area contributed by atoms with E-state index in [0.717, 1.165) is 0 Å². The van der Waals surface area contributed by atoms with Crippen molar-refractivity contribution in [2.75, 3.05) is 0 Å². The van der Waals surface area contributed by atoms with Crippen molar-refractivity contribution in [1.82, 2.24) is 0 Å². The van der Waals surface area contributed by atoms with E-state index in [1.807, 2.05) is 0 Å². The number of carbonyl (C=O) groups excluding carboxylic acids is 1. The standard InChI is InChI=1S/C14H10O3.Na.H/c15-13(10-6-2-1-3-7-10)11-8-4-5-9-12(11)14(16)17;;/h1-9H,(H,16,17);;/q;+1;-1. The summed E-state index contributed by atoms with van der Waals surface area (Å²) in [5, 5.41) is 9.01. The molecule has 0 aliphatic rings. The van der Waals surface area contributed by atoms with Crippen LogP contribution in [0.4, 0.5) is 0 Å². The normalized spacial score (nSPS) is 9.33. The van der Waals surface area contributed by atoms with Crippen LogP contribution in [0.1, 0.15) is 27.7 Å². The van der Waals surface area contributed by atoms with E-state index >= 15 is 0 Å². The van der Waals surface area contributed by atoms with Crippen molar-refractivity contribution >= 4 is 11.8 Å². The molecule has 3 nitrogen and oxygen atoms in total. The first-order chi connectivity index (χ1) is 8.20. The molecule has 0 aliphatic heterocycles. The Morgan fingerprint density at radius 1 is 0.833 bits per heavy atom. The molecule has 0 saturated heterocycles. The SMILES string of the molecule is O=C(O)c1ccccc1C(=O)c1ccccc1.[H-].[Na+]. The quantitative estimate of drug-likeness (QED) is 0.603. The number of rotatable bonds is 3. The molecule has 86 valence electrons. The Morgan fingerprint density at radius 2 is 1.33 bits per heavy atom. The average molecular weight is 250 g/mol. The first kappa shape index (κ1) is 14.6. The molecule has 0 heterocycles. The summed E-state index contributed by atoms with van der Waals surface area (Å²) in [7, 11) is 0. The largest absolute Gasteiger partial charge is 1.00 e. The zero-order valence-electron chi connectivity index (χ0n) is 11.0. The maximum atomic E-state index is 12.1. The van der Waals surface area contributed by atoms with Crippen molar-refractivity contribution in [2.24, 2.45) is 0 Å². The summed E-state index contributed by atoms with van der Waals surface area (Å²) in [4.78, 5) is 23.1. The van der Waals surface area contributed by atoms with Gasteiger partial charge >= 0.3 is 35.5 Å². The van der Waals surface area contributed by atoms with Gasteiger partial charge in [0.1, 0.15) is 0 Å². The van der Waals surface area contributed by atoms with Gasteiger partial charge in [-0.25, -0.2) is 4.79 Å².